The molecule has 0 radical (unpaired) electrons. The number of anilines is 2. The van der Waals surface area contributed by atoms with Crippen molar-refractivity contribution in [2.45, 2.75) is 29.7 Å². The maximum Gasteiger partial charge on any atom is 0.308 e. The van der Waals surface area contributed by atoms with E-state index in [9.17, 15) is 19.2 Å². The lowest BCUT2D eigenvalue weighted by Gasteiger charge is -2.30. The van der Waals surface area contributed by atoms with Crippen molar-refractivity contribution in [2.75, 3.05) is 10.2 Å². The number of hydrogen-bond donors (Lipinski definition) is 1. The van der Waals surface area contributed by atoms with Crippen molar-refractivity contribution < 1.29 is 14.4 Å². The van der Waals surface area contributed by atoms with E-state index in [2.05, 4.69) is 21.2 Å². The molecule has 1 N–H and O–H groups in total. The Morgan fingerprint density at radius 1 is 0.951 bits per heavy atom. The molecule has 2 unspecified atom stereocenters. The molecule has 1 aromatic heterocycles. The van der Waals surface area contributed by atoms with Crippen molar-refractivity contribution in [3.63, 3.8) is 0 Å². The van der Waals surface area contributed by atoms with Crippen LogP contribution < -0.4 is 15.1 Å². The molecule has 208 valence electrons. The van der Waals surface area contributed by atoms with Crippen LogP contribution in [0.4, 0.5) is 11.4 Å². The number of benzene rings is 3. The van der Waals surface area contributed by atoms with Gasteiger partial charge >= 0.3 is 4.87 Å². The highest BCUT2D eigenvalue weighted by molar-refractivity contribution is 9.10. The first-order valence-electron chi connectivity index (χ1n) is 12.5. The fourth-order valence-corrected chi connectivity index (χ4v) is 8.49. The van der Waals surface area contributed by atoms with E-state index in [4.69, 9.17) is 23.2 Å². The highest BCUT2D eigenvalue weighted by Crippen LogP contribution is 2.54. The van der Waals surface area contributed by atoms with Gasteiger partial charge < -0.3 is 5.32 Å². The minimum atomic E-state index is -0.761. The highest BCUT2D eigenvalue weighted by Gasteiger charge is 2.56. The number of thioether (sulfide) groups is 1. The van der Waals surface area contributed by atoms with E-state index in [0.717, 1.165) is 26.9 Å². The third-order valence-electron chi connectivity index (χ3n) is 7.08. The Morgan fingerprint density at radius 2 is 1.66 bits per heavy atom. The molecule has 3 amide bonds. The lowest BCUT2D eigenvalue weighted by molar-refractivity contribution is -0.122. The summed E-state index contributed by atoms with van der Waals surface area (Å²) >= 11 is 17.7. The molecule has 2 aliphatic heterocycles. The Hall–Kier alpha value is -2.89. The van der Waals surface area contributed by atoms with E-state index >= 15 is 0 Å². The predicted octanol–water partition coefficient (Wildman–Crippen LogP) is 6.72. The van der Waals surface area contributed by atoms with E-state index < -0.39 is 23.0 Å². The highest BCUT2D eigenvalue weighted by atomic mass is 79.9. The molecular formula is C29H20BrCl2N3O4S2. The summed E-state index contributed by atoms with van der Waals surface area (Å²) in [6, 6.07) is 19.5. The molecule has 3 aromatic carbocycles. The van der Waals surface area contributed by atoms with Crippen LogP contribution in [0.2, 0.25) is 10.0 Å². The van der Waals surface area contributed by atoms with Crippen LogP contribution in [0, 0.1) is 12.8 Å². The molecule has 7 nitrogen and oxygen atoms in total. The summed E-state index contributed by atoms with van der Waals surface area (Å²) in [6.07, 6.45) is 0. The van der Waals surface area contributed by atoms with Crippen molar-refractivity contribution in [3.05, 3.63) is 107 Å². The first-order chi connectivity index (χ1) is 19.6. The van der Waals surface area contributed by atoms with Crippen molar-refractivity contribution in [1.29, 1.82) is 0 Å². The number of imide groups is 1. The molecule has 0 saturated carbocycles. The second kappa shape index (κ2) is 11.1. The molecule has 6 rings (SSSR count). The van der Waals surface area contributed by atoms with Gasteiger partial charge in [-0.1, -0.05) is 92.1 Å². The number of nitrogens with one attached hydrogen (secondary N) is 1. The number of nitrogens with zero attached hydrogens (tertiary/aromatic N) is 2. The Labute approximate surface area is 261 Å². The van der Waals surface area contributed by atoms with Gasteiger partial charge in [-0.3, -0.25) is 23.7 Å². The van der Waals surface area contributed by atoms with Gasteiger partial charge in [0, 0.05) is 21.0 Å². The lowest BCUT2D eigenvalue weighted by Crippen LogP contribution is -2.33. The van der Waals surface area contributed by atoms with Crippen molar-refractivity contribution in [2.24, 2.45) is 5.92 Å². The van der Waals surface area contributed by atoms with Crippen molar-refractivity contribution in [1.82, 2.24) is 4.57 Å². The molecule has 0 spiro atoms. The number of aromatic nitrogens is 1. The Bertz CT molecular complexity index is 1770. The van der Waals surface area contributed by atoms with Crippen LogP contribution in [-0.2, 0) is 20.9 Å². The largest absolute Gasteiger partial charge is 0.324 e. The second-order valence-electron chi connectivity index (χ2n) is 9.74. The van der Waals surface area contributed by atoms with Gasteiger partial charge in [-0.05, 0) is 55.0 Å². The molecule has 3 atom stereocenters. The van der Waals surface area contributed by atoms with E-state index in [1.807, 2.05) is 43.3 Å². The van der Waals surface area contributed by atoms with Gasteiger partial charge in [0.1, 0.15) is 11.8 Å². The zero-order valence-corrected chi connectivity index (χ0v) is 26.0. The number of amides is 3. The molecule has 41 heavy (non-hydrogen) atoms. The summed E-state index contributed by atoms with van der Waals surface area (Å²) in [7, 11) is 0. The number of halogens is 3. The van der Waals surface area contributed by atoms with Crippen LogP contribution in [0.3, 0.4) is 0 Å². The smallest absolute Gasteiger partial charge is 0.308 e. The van der Waals surface area contributed by atoms with Gasteiger partial charge in [-0.15, -0.1) is 0 Å². The van der Waals surface area contributed by atoms with E-state index in [1.54, 1.807) is 24.3 Å². The molecule has 4 aromatic rings. The van der Waals surface area contributed by atoms with E-state index in [1.165, 1.54) is 27.3 Å². The minimum absolute atomic E-state index is 0.272. The van der Waals surface area contributed by atoms with Crippen molar-refractivity contribution >= 4 is 91.3 Å². The summed E-state index contributed by atoms with van der Waals surface area (Å²) in [5, 5.41) is 3.15. The first kappa shape index (κ1) is 28.2. The molecule has 1 saturated heterocycles. The fourth-order valence-electron chi connectivity index (χ4n) is 5.15. The van der Waals surface area contributed by atoms with Crippen LogP contribution in [-0.4, -0.2) is 27.5 Å². The lowest BCUT2D eigenvalue weighted by atomic mass is 9.83. The second-order valence-corrected chi connectivity index (χ2v) is 13.6. The molecule has 12 heteroatoms. The topological polar surface area (TPSA) is 88.5 Å². The first-order valence-corrected chi connectivity index (χ1v) is 15.7. The normalized spacial score (nSPS) is 19.7. The number of carbonyl (C=O) groups excluding carboxylic acids is 3. The Balaban J connectivity index is 1.40. The quantitative estimate of drug-likeness (QED) is 0.235. The summed E-state index contributed by atoms with van der Waals surface area (Å²) in [4.78, 5) is 55.6. The van der Waals surface area contributed by atoms with Crippen molar-refractivity contribution in [3.8, 4) is 0 Å². The average Bonchev–Trinajstić information content (AvgIpc) is 3.38. The van der Waals surface area contributed by atoms with Crippen LogP contribution in [0.15, 0.2) is 81.0 Å². The SMILES string of the molecule is Cc1ccc(N2C(=O)C3Sc4c(sc(=O)n4CC(=O)Nc4ccc(Cl)c(Cl)c4)[C@H](c4ccc(Br)cc4)C3C2=O)cc1. The molecule has 0 bridgehead atoms. The predicted molar refractivity (Wildman–Crippen MR) is 166 cm³/mol. The molecule has 2 aliphatic rings. The van der Waals surface area contributed by atoms with Gasteiger partial charge in [0.15, 0.2) is 0 Å². The van der Waals surface area contributed by atoms with Gasteiger partial charge in [0.2, 0.25) is 17.7 Å². The number of hydrogen-bond acceptors (Lipinski definition) is 6. The van der Waals surface area contributed by atoms with Crippen LogP contribution in [0.1, 0.15) is 21.9 Å². The van der Waals surface area contributed by atoms with Crippen LogP contribution >= 0.6 is 62.2 Å². The summed E-state index contributed by atoms with van der Waals surface area (Å²) in [5.41, 5.74) is 2.77. The number of fused-ring (bicyclic) bond motifs is 2. The van der Waals surface area contributed by atoms with E-state index in [0.29, 0.717) is 26.3 Å². The van der Waals surface area contributed by atoms with E-state index in [-0.39, 0.29) is 28.3 Å². The van der Waals surface area contributed by atoms with Crippen LogP contribution in [0.25, 0.3) is 0 Å². The third kappa shape index (κ3) is 5.17. The molecule has 1 fully saturated rings. The molecule has 0 aliphatic carbocycles. The zero-order valence-electron chi connectivity index (χ0n) is 21.3. The fraction of sp³-hybridized carbons (Fsp3) is 0.172. The monoisotopic (exact) mass is 687 g/mol. The number of aryl methyl sites for hydroxylation is 1. The third-order valence-corrected chi connectivity index (χ3v) is 10.9. The molecular weight excluding hydrogens is 669 g/mol. The van der Waals surface area contributed by atoms with Gasteiger partial charge in [-0.25, -0.2) is 4.90 Å². The van der Waals surface area contributed by atoms with Crippen LogP contribution in [0.5, 0.6) is 0 Å². The summed E-state index contributed by atoms with van der Waals surface area (Å²) in [5.74, 6) is -2.33. The number of rotatable bonds is 5. The summed E-state index contributed by atoms with van der Waals surface area (Å²) in [6.45, 7) is 1.66. The van der Waals surface area contributed by atoms with Gasteiger partial charge in [0.25, 0.3) is 0 Å². The maximum atomic E-state index is 13.9. The zero-order chi connectivity index (χ0) is 29.0. The molecule has 3 heterocycles. The van der Waals surface area contributed by atoms with Gasteiger partial charge in [-0.2, -0.15) is 0 Å². The number of carbonyl (C=O) groups is 3. The Morgan fingerprint density at radius 3 is 2.34 bits per heavy atom. The number of thiazole rings is 1. The Kier molecular flexibility index (Phi) is 7.63. The van der Waals surface area contributed by atoms with Gasteiger partial charge in [0.05, 0.1) is 26.7 Å². The average molecular weight is 689 g/mol. The summed E-state index contributed by atoms with van der Waals surface area (Å²) < 4.78 is 2.24. The maximum absolute atomic E-state index is 13.9. The minimum Gasteiger partial charge on any atom is -0.324 e. The standard InChI is InChI=1S/C29H20BrCl2N3O4S2/c1-14-2-9-18(10-3-14)35-26(37)23-22(15-4-6-16(30)7-5-15)25-28(40-24(23)27(35)38)34(29(39)41-25)13-21(36)33-17-8-11-19(31)20(32)12-17/h2-12,22-24H,13H2,1H3,(H,33,36)/t22-,23?,24?/m1/s1.